The van der Waals surface area contributed by atoms with Gasteiger partial charge >= 0.3 is 5.97 Å². The van der Waals surface area contributed by atoms with Crippen molar-refractivity contribution in [3.05, 3.63) is 28.3 Å². The minimum atomic E-state index is -0.553. The highest BCUT2D eigenvalue weighted by atomic mass is 16.5. The number of methoxy groups -OCH3 is 1. The Labute approximate surface area is 126 Å². The van der Waals surface area contributed by atoms with Gasteiger partial charge in [-0.15, -0.1) is 0 Å². The molecule has 0 aromatic carbocycles. The number of fused-ring (bicyclic) bond motifs is 1. The van der Waals surface area contributed by atoms with Gasteiger partial charge in [0, 0.05) is 38.4 Å². The number of carbonyl (C=O) groups is 2. The van der Waals surface area contributed by atoms with Crippen molar-refractivity contribution in [2.75, 3.05) is 20.2 Å². The van der Waals surface area contributed by atoms with Gasteiger partial charge in [-0.3, -0.25) is 9.59 Å². The van der Waals surface area contributed by atoms with Gasteiger partial charge in [-0.25, -0.2) is 9.89 Å². The molecule has 8 nitrogen and oxygen atoms in total. The Kier molecular flexibility index (Phi) is 3.66. The van der Waals surface area contributed by atoms with Crippen LogP contribution in [0.5, 0.6) is 0 Å². The number of H-pyrrole nitrogens is 1. The predicted octanol–water partition coefficient (Wildman–Crippen LogP) is 0.0852. The Balaban J connectivity index is 1.90. The van der Waals surface area contributed by atoms with E-state index in [-0.39, 0.29) is 17.0 Å². The number of rotatable bonds is 4. The number of aromatic nitrogens is 3. The molecule has 0 saturated carbocycles. The summed E-state index contributed by atoms with van der Waals surface area (Å²) < 4.78 is 6.45. The number of amides is 1. The number of aromatic amines is 1. The standard InChI is InChI=1S/C14H16N4O4/c1-22-14(21)10-8-17(5-6-18-4-2-3-11(18)19)7-9-12(10)15-16-13(9)20/h7-8H,2-6H2,1H3,(H,16,20). The highest BCUT2D eigenvalue weighted by molar-refractivity contribution is 5.95. The predicted molar refractivity (Wildman–Crippen MR) is 76.6 cm³/mol. The summed E-state index contributed by atoms with van der Waals surface area (Å²) in [6, 6.07) is 0. The van der Waals surface area contributed by atoms with Crippen LogP contribution in [0.1, 0.15) is 23.2 Å². The van der Waals surface area contributed by atoms with Crippen LogP contribution in [-0.4, -0.2) is 51.7 Å². The minimum absolute atomic E-state index is 0.141. The number of ether oxygens (including phenoxy) is 1. The summed E-state index contributed by atoms with van der Waals surface area (Å²) in [5.74, 6) is -0.411. The van der Waals surface area contributed by atoms with Crippen LogP contribution in [0.15, 0.2) is 17.2 Å². The average Bonchev–Trinajstić information content (AvgIpc) is 3.10. The van der Waals surface area contributed by atoms with Crippen molar-refractivity contribution in [2.24, 2.45) is 0 Å². The van der Waals surface area contributed by atoms with E-state index in [0.717, 1.165) is 13.0 Å². The van der Waals surface area contributed by atoms with E-state index < -0.39 is 5.97 Å². The Morgan fingerprint density at radius 2 is 2.18 bits per heavy atom. The van der Waals surface area contributed by atoms with Crippen LogP contribution in [0.25, 0.3) is 11.3 Å². The lowest BCUT2D eigenvalue weighted by Crippen LogP contribution is -2.28. The van der Waals surface area contributed by atoms with E-state index in [4.69, 9.17) is 4.74 Å². The number of carbonyl (C=O) groups excluding carboxylic acids is 2. The molecule has 0 aromatic rings. The van der Waals surface area contributed by atoms with E-state index in [0.29, 0.717) is 30.8 Å². The Bertz CT molecular complexity index is 748. The SMILES string of the molecule is COC(=O)c1cn(CCN2CCCC2=O)cc2c(=O)[nH]nc1-2. The number of pyridine rings is 1. The van der Waals surface area contributed by atoms with Crippen molar-refractivity contribution in [3.63, 3.8) is 0 Å². The molecule has 1 fully saturated rings. The molecule has 3 heterocycles. The first-order valence-corrected chi connectivity index (χ1v) is 7.04. The van der Waals surface area contributed by atoms with Crippen LogP contribution < -0.4 is 5.56 Å². The molecule has 8 heteroatoms. The fraction of sp³-hybridized carbons (Fsp3) is 0.429. The topological polar surface area (TPSA) is 97.3 Å². The minimum Gasteiger partial charge on any atom is -0.465 e. The van der Waals surface area contributed by atoms with Gasteiger partial charge in [-0.05, 0) is 6.42 Å². The second kappa shape index (κ2) is 5.63. The van der Waals surface area contributed by atoms with Crippen molar-refractivity contribution in [3.8, 4) is 11.3 Å². The molecule has 0 unspecified atom stereocenters. The van der Waals surface area contributed by atoms with Crippen molar-refractivity contribution >= 4 is 11.9 Å². The summed E-state index contributed by atoms with van der Waals surface area (Å²) in [6.45, 7) is 1.79. The lowest BCUT2D eigenvalue weighted by molar-refractivity contribution is -0.127. The fourth-order valence-electron chi connectivity index (χ4n) is 2.65. The maximum Gasteiger partial charge on any atom is 0.341 e. The third kappa shape index (κ3) is 2.47. The molecule has 1 saturated heterocycles. The molecule has 0 aliphatic carbocycles. The zero-order valence-electron chi connectivity index (χ0n) is 12.2. The monoisotopic (exact) mass is 304 g/mol. The van der Waals surface area contributed by atoms with E-state index in [2.05, 4.69) is 10.2 Å². The van der Waals surface area contributed by atoms with Gasteiger partial charge in [-0.1, -0.05) is 0 Å². The summed E-state index contributed by atoms with van der Waals surface area (Å²) >= 11 is 0. The van der Waals surface area contributed by atoms with Crippen molar-refractivity contribution < 1.29 is 14.3 Å². The molecule has 0 bridgehead atoms. The maximum absolute atomic E-state index is 11.8. The van der Waals surface area contributed by atoms with Gasteiger partial charge in [0.05, 0.1) is 12.7 Å². The highest BCUT2D eigenvalue weighted by Gasteiger charge is 2.23. The van der Waals surface area contributed by atoms with E-state index >= 15 is 0 Å². The average molecular weight is 304 g/mol. The van der Waals surface area contributed by atoms with E-state index in [1.165, 1.54) is 7.11 Å². The first kappa shape index (κ1) is 14.3. The third-order valence-electron chi connectivity index (χ3n) is 3.82. The lowest BCUT2D eigenvalue weighted by Gasteiger charge is -2.17. The molecule has 116 valence electrons. The number of esters is 1. The molecule has 0 spiro atoms. The van der Waals surface area contributed by atoms with Crippen LogP contribution in [0.3, 0.4) is 0 Å². The van der Waals surface area contributed by atoms with Gasteiger partial charge in [0.2, 0.25) is 5.91 Å². The van der Waals surface area contributed by atoms with Gasteiger partial charge in [0.15, 0.2) is 0 Å². The summed E-state index contributed by atoms with van der Waals surface area (Å²) in [4.78, 5) is 37.0. The van der Waals surface area contributed by atoms with Gasteiger partial charge in [-0.2, -0.15) is 5.10 Å². The van der Waals surface area contributed by atoms with Gasteiger partial charge in [0.1, 0.15) is 11.3 Å². The molecule has 22 heavy (non-hydrogen) atoms. The molecule has 1 amide bonds. The zero-order chi connectivity index (χ0) is 15.7. The molecule has 3 rings (SSSR count). The molecule has 0 radical (unpaired) electrons. The number of hydrogen-bond donors (Lipinski definition) is 1. The lowest BCUT2D eigenvalue weighted by atomic mass is 10.1. The third-order valence-corrected chi connectivity index (χ3v) is 3.82. The van der Waals surface area contributed by atoms with Gasteiger partial charge < -0.3 is 14.2 Å². The second-order valence-corrected chi connectivity index (χ2v) is 5.20. The number of nitrogens with one attached hydrogen (secondary N) is 1. The largest absolute Gasteiger partial charge is 0.465 e. The first-order valence-electron chi connectivity index (χ1n) is 7.04. The number of likely N-dealkylation sites (tertiary alicyclic amines) is 1. The van der Waals surface area contributed by atoms with Crippen LogP contribution in [0, 0.1) is 0 Å². The molecule has 3 aliphatic rings. The molecule has 0 atom stereocenters. The molecule has 0 aromatic heterocycles. The molecular weight excluding hydrogens is 288 g/mol. The number of nitrogens with zero attached hydrogens (tertiary/aromatic N) is 3. The normalized spacial score (nSPS) is 14.8. The summed E-state index contributed by atoms with van der Waals surface area (Å²) in [5.41, 5.74) is 0.499. The Morgan fingerprint density at radius 1 is 1.36 bits per heavy atom. The van der Waals surface area contributed by atoms with E-state index in [1.54, 1.807) is 21.9 Å². The van der Waals surface area contributed by atoms with Crippen LogP contribution in [-0.2, 0) is 16.1 Å². The van der Waals surface area contributed by atoms with E-state index in [1.807, 2.05) is 0 Å². The first-order chi connectivity index (χ1) is 10.6. The maximum atomic E-state index is 11.8. The van der Waals surface area contributed by atoms with Gasteiger partial charge in [0.25, 0.3) is 5.56 Å². The molecular formula is C14H16N4O4. The Morgan fingerprint density at radius 3 is 2.86 bits per heavy atom. The second-order valence-electron chi connectivity index (χ2n) is 5.20. The van der Waals surface area contributed by atoms with Crippen molar-refractivity contribution in [1.29, 1.82) is 0 Å². The van der Waals surface area contributed by atoms with Crippen LogP contribution in [0.4, 0.5) is 0 Å². The van der Waals surface area contributed by atoms with Crippen LogP contribution >= 0.6 is 0 Å². The van der Waals surface area contributed by atoms with Crippen molar-refractivity contribution in [1.82, 2.24) is 19.7 Å². The van der Waals surface area contributed by atoms with E-state index in [9.17, 15) is 14.4 Å². The Hall–Kier alpha value is -2.64. The summed E-state index contributed by atoms with van der Waals surface area (Å²) in [7, 11) is 1.28. The summed E-state index contributed by atoms with van der Waals surface area (Å²) in [6.07, 6.45) is 4.69. The number of hydrogen-bond acceptors (Lipinski definition) is 5. The summed E-state index contributed by atoms with van der Waals surface area (Å²) in [5, 5.41) is 6.20. The van der Waals surface area contributed by atoms with Crippen molar-refractivity contribution in [2.45, 2.75) is 19.4 Å². The molecule has 1 N–H and O–H groups in total. The van der Waals surface area contributed by atoms with Crippen LogP contribution in [0.2, 0.25) is 0 Å². The highest BCUT2D eigenvalue weighted by Crippen LogP contribution is 2.20. The fourth-order valence-corrected chi connectivity index (χ4v) is 2.65. The zero-order valence-corrected chi connectivity index (χ0v) is 12.2. The quantitative estimate of drug-likeness (QED) is 0.807. The smallest absolute Gasteiger partial charge is 0.341 e. The molecule has 3 aliphatic heterocycles.